The Morgan fingerprint density at radius 1 is 1.50 bits per heavy atom. The smallest absolute Gasteiger partial charge is 0.170 e. The van der Waals surface area contributed by atoms with Crippen LogP contribution in [0, 0.1) is 12.7 Å². The van der Waals surface area contributed by atoms with Crippen LogP contribution < -0.4 is 10.6 Å². The van der Waals surface area contributed by atoms with Crippen molar-refractivity contribution >= 4 is 23.0 Å². The molecule has 0 spiro atoms. The van der Waals surface area contributed by atoms with Crippen LogP contribution in [0.1, 0.15) is 5.56 Å². The molecule has 88 valence electrons. The summed E-state index contributed by atoms with van der Waals surface area (Å²) in [6.07, 6.45) is 0. The summed E-state index contributed by atoms with van der Waals surface area (Å²) >= 11 is 5.05. The Morgan fingerprint density at radius 3 is 2.94 bits per heavy atom. The highest BCUT2D eigenvalue weighted by Gasteiger charge is 2.04. The van der Waals surface area contributed by atoms with Gasteiger partial charge in [0, 0.05) is 24.9 Å². The van der Waals surface area contributed by atoms with Gasteiger partial charge >= 0.3 is 0 Å². The topological polar surface area (TPSA) is 33.3 Å². The van der Waals surface area contributed by atoms with Crippen LogP contribution in [0.4, 0.5) is 10.1 Å². The van der Waals surface area contributed by atoms with Gasteiger partial charge in [-0.2, -0.15) is 0 Å². The molecular weight excluding hydrogens is 227 g/mol. The Bertz CT molecular complexity index is 371. The van der Waals surface area contributed by atoms with E-state index in [1.807, 2.05) is 0 Å². The first-order valence-electron chi connectivity index (χ1n) is 4.94. The molecule has 0 saturated carbocycles. The van der Waals surface area contributed by atoms with E-state index in [4.69, 9.17) is 17.0 Å². The van der Waals surface area contributed by atoms with E-state index in [9.17, 15) is 4.39 Å². The van der Waals surface area contributed by atoms with Crippen molar-refractivity contribution in [3.8, 4) is 0 Å². The largest absolute Gasteiger partial charge is 0.383 e. The molecule has 0 heterocycles. The predicted octanol–water partition coefficient (Wildman–Crippen LogP) is 2.07. The molecule has 0 bridgehead atoms. The van der Waals surface area contributed by atoms with Gasteiger partial charge in [-0.1, -0.05) is 6.07 Å². The average molecular weight is 242 g/mol. The van der Waals surface area contributed by atoms with Crippen LogP contribution in [-0.4, -0.2) is 25.4 Å². The first-order chi connectivity index (χ1) is 7.65. The third-order valence-electron chi connectivity index (χ3n) is 2.11. The lowest BCUT2D eigenvalue weighted by Crippen LogP contribution is -2.31. The maximum absolute atomic E-state index is 13.2. The maximum atomic E-state index is 13.2. The maximum Gasteiger partial charge on any atom is 0.170 e. The lowest BCUT2D eigenvalue weighted by atomic mass is 10.2. The number of nitrogens with one attached hydrogen (secondary N) is 2. The summed E-state index contributed by atoms with van der Waals surface area (Å²) in [6.45, 7) is 2.90. The third-order valence-corrected chi connectivity index (χ3v) is 2.35. The van der Waals surface area contributed by atoms with Gasteiger partial charge in [0.25, 0.3) is 0 Å². The molecule has 0 amide bonds. The molecule has 0 atom stereocenters. The molecule has 1 rings (SSSR count). The van der Waals surface area contributed by atoms with Gasteiger partial charge in [-0.25, -0.2) is 4.39 Å². The minimum atomic E-state index is -0.246. The molecule has 1 aromatic carbocycles. The van der Waals surface area contributed by atoms with Gasteiger partial charge in [0.2, 0.25) is 0 Å². The molecule has 0 radical (unpaired) electrons. The highest BCUT2D eigenvalue weighted by Crippen LogP contribution is 2.16. The second kappa shape index (κ2) is 6.40. The van der Waals surface area contributed by atoms with E-state index in [0.717, 1.165) is 0 Å². The fourth-order valence-corrected chi connectivity index (χ4v) is 1.39. The van der Waals surface area contributed by atoms with E-state index in [1.165, 1.54) is 6.07 Å². The molecular formula is C11H15FN2OS. The zero-order valence-corrected chi connectivity index (χ0v) is 10.2. The van der Waals surface area contributed by atoms with Crippen molar-refractivity contribution in [2.24, 2.45) is 0 Å². The summed E-state index contributed by atoms with van der Waals surface area (Å²) < 4.78 is 18.1. The highest BCUT2D eigenvalue weighted by molar-refractivity contribution is 7.80. The molecule has 0 saturated heterocycles. The number of benzene rings is 1. The van der Waals surface area contributed by atoms with E-state index in [-0.39, 0.29) is 5.82 Å². The number of thiocarbonyl (C=S) groups is 1. The van der Waals surface area contributed by atoms with Gasteiger partial charge in [0.05, 0.1) is 6.61 Å². The van der Waals surface area contributed by atoms with Gasteiger partial charge in [0.15, 0.2) is 5.11 Å². The van der Waals surface area contributed by atoms with Crippen molar-refractivity contribution in [3.05, 3.63) is 29.6 Å². The molecule has 16 heavy (non-hydrogen) atoms. The number of methoxy groups -OCH3 is 1. The molecule has 5 heteroatoms. The number of anilines is 1. The Labute approximate surface area is 100.0 Å². The second-order valence-electron chi connectivity index (χ2n) is 3.29. The van der Waals surface area contributed by atoms with Crippen molar-refractivity contribution in [1.29, 1.82) is 0 Å². The van der Waals surface area contributed by atoms with Crippen molar-refractivity contribution in [2.75, 3.05) is 25.6 Å². The Hall–Kier alpha value is -1.20. The van der Waals surface area contributed by atoms with Crippen LogP contribution >= 0.6 is 12.2 Å². The molecule has 0 unspecified atom stereocenters. The van der Waals surface area contributed by atoms with Crippen molar-refractivity contribution in [3.63, 3.8) is 0 Å². The molecule has 0 fully saturated rings. The van der Waals surface area contributed by atoms with Gasteiger partial charge < -0.3 is 15.4 Å². The van der Waals surface area contributed by atoms with Crippen molar-refractivity contribution in [2.45, 2.75) is 6.92 Å². The van der Waals surface area contributed by atoms with E-state index < -0.39 is 0 Å². The molecule has 0 aliphatic carbocycles. The van der Waals surface area contributed by atoms with Crippen LogP contribution in [-0.2, 0) is 4.74 Å². The van der Waals surface area contributed by atoms with Gasteiger partial charge in [-0.3, -0.25) is 0 Å². The Balaban J connectivity index is 2.53. The van der Waals surface area contributed by atoms with Crippen molar-refractivity contribution in [1.82, 2.24) is 5.32 Å². The number of halogens is 1. The SMILES string of the molecule is COCCNC(=S)Nc1cccc(F)c1C. The fraction of sp³-hybridized carbons (Fsp3) is 0.364. The average Bonchev–Trinajstić information content (AvgIpc) is 2.25. The number of hydrogen-bond acceptors (Lipinski definition) is 2. The first-order valence-corrected chi connectivity index (χ1v) is 5.35. The molecule has 0 aliphatic rings. The van der Waals surface area contributed by atoms with Crippen LogP contribution in [0.2, 0.25) is 0 Å². The zero-order valence-electron chi connectivity index (χ0n) is 9.34. The van der Waals surface area contributed by atoms with Gasteiger partial charge in [0.1, 0.15) is 5.82 Å². The van der Waals surface area contributed by atoms with Crippen LogP contribution in [0.5, 0.6) is 0 Å². The lowest BCUT2D eigenvalue weighted by molar-refractivity contribution is 0.204. The minimum Gasteiger partial charge on any atom is -0.383 e. The quantitative estimate of drug-likeness (QED) is 0.625. The fourth-order valence-electron chi connectivity index (χ4n) is 1.18. The van der Waals surface area contributed by atoms with Gasteiger partial charge in [-0.15, -0.1) is 0 Å². The summed E-state index contributed by atoms with van der Waals surface area (Å²) in [7, 11) is 1.62. The first kappa shape index (κ1) is 12.9. The monoisotopic (exact) mass is 242 g/mol. The van der Waals surface area contributed by atoms with Crippen LogP contribution in [0.3, 0.4) is 0 Å². The Morgan fingerprint density at radius 2 is 2.25 bits per heavy atom. The molecule has 1 aromatic rings. The van der Waals surface area contributed by atoms with E-state index in [1.54, 1.807) is 26.2 Å². The van der Waals surface area contributed by atoms with Gasteiger partial charge in [-0.05, 0) is 31.3 Å². The number of ether oxygens (including phenoxy) is 1. The third kappa shape index (κ3) is 3.75. The van der Waals surface area contributed by atoms with E-state index in [2.05, 4.69) is 10.6 Å². The summed E-state index contributed by atoms with van der Waals surface area (Å²) in [5, 5.41) is 6.35. The molecule has 3 nitrogen and oxygen atoms in total. The Kier molecular flexibility index (Phi) is 5.14. The predicted molar refractivity (Wildman–Crippen MR) is 67.2 cm³/mol. The summed E-state index contributed by atoms with van der Waals surface area (Å²) in [5.41, 5.74) is 1.23. The van der Waals surface area contributed by atoms with E-state index >= 15 is 0 Å². The summed E-state index contributed by atoms with van der Waals surface area (Å²) in [5.74, 6) is -0.246. The standard InChI is InChI=1S/C11H15FN2OS/c1-8-9(12)4-3-5-10(8)14-11(16)13-6-7-15-2/h3-5H,6-7H2,1-2H3,(H2,13,14,16). The van der Waals surface area contributed by atoms with Crippen LogP contribution in [0.25, 0.3) is 0 Å². The lowest BCUT2D eigenvalue weighted by Gasteiger charge is -2.12. The number of rotatable bonds is 4. The minimum absolute atomic E-state index is 0.246. The van der Waals surface area contributed by atoms with E-state index in [0.29, 0.717) is 29.5 Å². The summed E-state index contributed by atoms with van der Waals surface area (Å²) in [6, 6.07) is 4.84. The zero-order chi connectivity index (χ0) is 12.0. The molecule has 0 aliphatic heterocycles. The molecule has 2 N–H and O–H groups in total. The van der Waals surface area contributed by atoms with Crippen LogP contribution in [0.15, 0.2) is 18.2 Å². The second-order valence-corrected chi connectivity index (χ2v) is 3.69. The number of hydrogen-bond donors (Lipinski definition) is 2. The highest BCUT2D eigenvalue weighted by atomic mass is 32.1. The summed E-state index contributed by atoms with van der Waals surface area (Å²) in [4.78, 5) is 0. The van der Waals surface area contributed by atoms with Crippen molar-refractivity contribution < 1.29 is 9.13 Å². The normalized spacial score (nSPS) is 9.94. The molecule has 0 aromatic heterocycles.